The Kier molecular flexibility index (Phi) is 4.58. The quantitative estimate of drug-likeness (QED) is 0.902. The van der Waals surface area contributed by atoms with Gasteiger partial charge < -0.3 is 5.11 Å². The zero-order valence-electron chi connectivity index (χ0n) is 11.8. The van der Waals surface area contributed by atoms with Gasteiger partial charge in [-0.2, -0.15) is 0 Å². The largest absolute Gasteiger partial charge is 0.481 e. The molecule has 5 heteroatoms. The van der Waals surface area contributed by atoms with Crippen molar-refractivity contribution in [3.8, 4) is 0 Å². The average molecular weight is 282 g/mol. The Labute approximate surface area is 118 Å². The highest BCUT2D eigenvalue weighted by molar-refractivity contribution is 7.11. The fourth-order valence-corrected chi connectivity index (χ4v) is 3.89. The van der Waals surface area contributed by atoms with Gasteiger partial charge in [-0.05, 0) is 46.1 Å². The molecule has 4 nitrogen and oxygen atoms in total. The number of hydrogen-bond donors (Lipinski definition) is 1. The average Bonchev–Trinajstić information content (AvgIpc) is 2.92. The number of aromatic nitrogens is 1. The van der Waals surface area contributed by atoms with Gasteiger partial charge in [0.05, 0.1) is 10.7 Å². The van der Waals surface area contributed by atoms with E-state index in [1.165, 1.54) is 4.88 Å². The van der Waals surface area contributed by atoms with Crippen molar-refractivity contribution in [2.45, 2.75) is 46.1 Å². The van der Waals surface area contributed by atoms with Gasteiger partial charge in [0.1, 0.15) is 0 Å². The van der Waals surface area contributed by atoms with Gasteiger partial charge in [0.25, 0.3) is 0 Å². The number of carboxylic acid groups (broad SMARTS) is 1. The lowest BCUT2D eigenvalue weighted by Gasteiger charge is -2.23. The summed E-state index contributed by atoms with van der Waals surface area (Å²) >= 11 is 1.78. The van der Waals surface area contributed by atoms with Crippen molar-refractivity contribution in [1.82, 2.24) is 9.88 Å². The molecule has 0 aromatic carbocycles. The maximum atomic E-state index is 10.6. The Morgan fingerprint density at radius 3 is 2.89 bits per heavy atom. The number of aryl methyl sites for hydroxylation is 2. The molecule has 19 heavy (non-hydrogen) atoms. The molecule has 0 saturated carbocycles. The van der Waals surface area contributed by atoms with E-state index in [2.05, 4.69) is 23.7 Å². The minimum absolute atomic E-state index is 0.297. The van der Waals surface area contributed by atoms with E-state index in [1.54, 1.807) is 11.3 Å². The van der Waals surface area contributed by atoms with Crippen molar-refractivity contribution in [3.05, 3.63) is 15.6 Å². The van der Waals surface area contributed by atoms with Crippen LogP contribution in [-0.2, 0) is 4.79 Å². The molecule has 2 rings (SSSR count). The van der Waals surface area contributed by atoms with Gasteiger partial charge in [-0.1, -0.05) is 0 Å². The van der Waals surface area contributed by atoms with Crippen molar-refractivity contribution in [3.63, 3.8) is 0 Å². The monoisotopic (exact) mass is 282 g/mol. The molecule has 106 valence electrons. The molecule has 1 aromatic rings. The second-order valence-corrected chi connectivity index (χ2v) is 6.68. The van der Waals surface area contributed by atoms with Crippen LogP contribution in [0.2, 0.25) is 0 Å². The zero-order valence-corrected chi connectivity index (χ0v) is 12.7. The van der Waals surface area contributed by atoms with Crippen molar-refractivity contribution >= 4 is 17.3 Å². The number of carbonyl (C=O) groups is 1. The molecule has 0 spiro atoms. The van der Waals surface area contributed by atoms with Crippen LogP contribution in [0.5, 0.6) is 0 Å². The summed E-state index contributed by atoms with van der Waals surface area (Å²) < 4.78 is 0. The van der Waals surface area contributed by atoms with Crippen LogP contribution >= 0.6 is 11.3 Å². The Morgan fingerprint density at radius 2 is 2.32 bits per heavy atom. The zero-order chi connectivity index (χ0) is 14.0. The number of aliphatic carboxylic acids is 1. The maximum Gasteiger partial charge on any atom is 0.303 e. The minimum Gasteiger partial charge on any atom is -0.481 e. The first-order valence-electron chi connectivity index (χ1n) is 6.87. The summed E-state index contributed by atoms with van der Waals surface area (Å²) in [4.78, 5) is 18.9. The van der Waals surface area contributed by atoms with E-state index in [-0.39, 0.29) is 0 Å². The molecule has 2 unspecified atom stereocenters. The number of hydrogen-bond acceptors (Lipinski definition) is 4. The highest BCUT2D eigenvalue weighted by Gasteiger charge is 2.28. The van der Waals surface area contributed by atoms with E-state index in [0.717, 1.165) is 36.6 Å². The van der Waals surface area contributed by atoms with Crippen LogP contribution < -0.4 is 0 Å². The topological polar surface area (TPSA) is 53.4 Å². The van der Waals surface area contributed by atoms with Crippen molar-refractivity contribution < 1.29 is 9.90 Å². The molecule has 2 heterocycles. The third-order valence-corrected chi connectivity index (χ3v) is 5.19. The van der Waals surface area contributed by atoms with Gasteiger partial charge >= 0.3 is 5.97 Å². The molecule has 0 amide bonds. The summed E-state index contributed by atoms with van der Waals surface area (Å²) in [6, 6.07) is 0.404. The number of nitrogens with zero attached hydrogens (tertiary/aromatic N) is 2. The van der Waals surface area contributed by atoms with Crippen LogP contribution in [0.4, 0.5) is 0 Å². The van der Waals surface area contributed by atoms with Crippen LogP contribution in [0.15, 0.2) is 0 Å². The molecule has 1 saturated heterocycles. The van der Waals surface area contributed by atoms with Crippen LogP contribution in [0.25, 0.3) is 0 Å². The van der Waals surface area contributed by atoms with Gasteiger partial charge in [-0.25, -0.2) is 4.98 Å². The van der Waals surface area contributed by atoms with Gasteiger partial charge in [0, 0.05) is 23.9 Å². The molecule has 1 N–H and O–H groups in total. The van der Waals surface area contributed by atoms with E-state index in [9.17, 15) is 4.79 Å². The first-order chi connectivity index (χ1) is 8.97. The lowest BCUT2D eigenvalue weighted by molar-refractivity contribution is -0.137. The Balaban J connectivity index is 1.93. The fourth-order valence-electron chi connectivity index (χ4n) is 2.88. The second-order valence-electron chi connectivity index (χ2n) is 5.44. The second kappa shape index (κ2) is 6.01. The summed E-state index contributed by atoms with van der Waals surface area (Å²) in [6.07, 6.45) is 2.22. The van der Waals surface area contributed by atoms with E-state index >= 15 is 0 Å². The molecule has 1 aliphatic rings. The lowest BCUT2D eigenvalue weighted by atomic mass is 10.0. The van der Waals surface area contributed by atoms with Crippen molar-refractivity contribution in [2.75, 3.05) is 13.1 Å². The first kappa shape index (κ1) is 14.5. The highest BCUT2D eigenvalue weighted by atomic mass is 32.1. The standard InChI is InChI=1S/C14H22N2O2S/c1-9-14(19-11(3)15-9)10(2)16-7-6-12(8-16)4-5-13(17)18/h10,12H,4-8H2,1-3H3,(H,17,18). The summed E-state index contributed by atoms with van der Waals surface area (Å²) in [5.41, 5.74) is 1.14. The van der Waals surface area contributed by atoms with E-state index in [1.807, 2.05) is 6.92 Å². The maximum absolute atomic E-state index is 10.6. The number of carboxylic acids is 1. The summed E-state index contributed by atoms with van der Waals surface area (Å²) in [6.45, 7) is 8.45. The van der Waals surface area contributed by atoms with E-state index in [4.69, 9.17) is 5.11 Å². The predicted octanol–water partition coefficient (Wildman–Crippen LogP) is 3.01. The summed E-state index contributed by atoms with van der Waals surface area (Å²) in [7, 11) is 0. The summed E-state index contributed by atoms with van der Waals surface area (Å²) in [5.74, 6) is -0.145. The molecule has 1 aliphatic heterocycles. The SMILES string of the molecule is Cc1nc(C)c(C(C)N2CCC(CCC(=O)O)C2)s1. The van der Waals surface area contributed by atoms with Gasteiger partial charge in [-0.3, -0.25) is 9.69 Å². The Hall–Kier alpha value is -0.940. The number of likely N-dealkylation sites (tertiary alicyclic amines) is 1. The Morgan fingerprint density at radius 1 is 1.58 bits per heavy atom. The smallest absolute Gasteiger partial charge is 0.303 e. The molecule has 0 radical (unpaired) electrons. The predicted molar refractivity (Wildman–Crippen MR) is 76.6 cm³/mol. The van der Waals surface area contributed by atoms with Crippen LogP contribution in [0.1, 0.15) is 47.8 Å². The lowest BCUT2D eigenvalue weighted by Crippen LogP contribution is -2.24. The van der Waals surface area contributed by atoms with Gasteiger partial charge in [-0.15, -0.1) is 11.3 Å². The highest BCUT2D eigenvalue weighted by Crippen LogP contribution is 2.33. The number of thiazole rings is 1. The first-order valence-corrected chi connectivity index (χ1v) is 7.68. The normalized spacial score (nSPS) is 21.7. The molecule has 2 atom stereocenters. The fraction of sp³-hybridized carbons (Fsp3) is 0.714. The van der Waals surface area contributed by atoms with Crippen LogP contribution in [0, 0.1) is 19.8 Å². The third kappa shape index (κ3) is 3.54. The van der Waals surface area contributed by atoms with Crippen LogP contribution in [-0.4, -0.2) is 34.0 Å². The van der Waals surface area contributed by atoms with Crippen LogP contribution in [0.3, 0.4) is 0 Å². The molecule has 1 fully saturated rings. The van der Waals surface area contributed by atoms with E-state index < -0.39 is 5.97 Å². The minimum atomic E-state index is -0.680. The third-order valence-electron chi connectivity index (χ3n) is 3.95. The van der Waals surface area contributed by atoms with Crippen molar-refractivity contribution in [1.29, 1.82) is 0 Å². The number of rotatable bonds is 5. The van der Waals surface area contributed by atoms with Gasteiger partial charge in [0.15, 0.2) is 0 Å². The van der Waals surface area contributed by atoms with Crippen molar-refractivity contribution in [2.24, 2.45) is 5.92 Å². The molecule has 1 aromatic heterocycles. The van der Waals surface area contributed by atoms with Gasteiger partial charge in [0.2, 0.25) is 0 Å². The molecule has 0 aliphatic carbocycles. The Bertz CT molecular complexity index is 458. The molecular weight excluding hydrogens is 260 g/mol. The molecule has 0 bridgehead atoms. The van der Waals surface area contributed by atoms with E-state index in [0.29, 0.717) is 18.4 Å². The molecular formula is C14H22N2O2S. The summed E-state index contributed by atoms with van der Waals surface area (Å²) in [5, 5.41) is 9.87.